The van der Waals surface area contributed by atoms with Crippen LogP contribution in [-0.4, -0.2) is 20.4 Å². The first-order chi connectivity index (χ1) is 15.5. The molecule has 1 N–H and O–H groups in total. The molecular formula is C25H29NO6S. The topological polar surface area (TPSA) is 103 Å². The van der Waals surface area contributed by atoms with Gasteiger partial charge in [-0.2, -0.15) is 4.72 Å². The van der Waals surface area contributed by atoms with E-state index in [2.05, 4.69) is 4.72 Å². The molecule has 0 saturated heterocycles. The quantitative estimate of drug-likeness (QED) is 0.299. The summed E-state index contributed by atoms with van der Waals surface area (Å²) >= 11 is 0. The van der Waals surface area contributed by atoms with E-state index in [1.54, 1.807) is 38.1 Å². The van der Waals surface area contributed by atoms with Crippen LogP contribution in [0.4, 0.5) is 0 Å². The average Bonchev–Trinajstić information content (AvgIpc) is 2.75. The first-order valence-electron chi connectivity index (χ1n) is 10.9. The normalized spacial score (nSPS) is 12.8. The summed E-state index contributed by atoms with van der Waals surface area (Å²) in [4.78, 5) is 25.3. The molecule has 176 valence electrons. The maximum absolute atomic E-state index is 12.9. The lowest BCUT2D eigenvalue weighted by Gasteiger charge is -2.21. The summed E-state index contributed by atoms with van der Waals surface area (Å²) in [5.74, 6) is -0.949. The number of carbonyl (C=O) groups is 1. The molecule has 0 amide bonds. The lowest BCUT2D eigenvalue weighted by Crippen LogP contribution is -2.46. The van der Waals surface area contributed by atoms with E-state index in [4.69, 9.17) is 9.15 Å². The van der Waals surface area contributed by atoms with Gasteiger partial charge in [-0.05, 0) is 56.0 Å². The Labute approximate surface area is 193 Å². The SMILES string of the molecule is CCCc1c(C)c2ccc(OC(=O)C(NS(=O)(=O)c3ccc(C)cc3)C(C)C)cc2oc1=O. The second kappa shape index (κ2) is 9.89. The highest BCUT2D eigenvalue weighted by Gasteiger charge is 2.30. The van der Waals surface area contributed by atoms with Crippen LogP contribution in [0.5, 0.6) is 5.75 Å². The Kier molecular flexibility index (Phi) is 7.39. The fourth-order valence-corrected chi connectivity index (χ4v) is 4.90. The summed E-state index contributed by atoms with van der Waals surface area (Å²) in [6.45, 7) is 9.16. The van der Waals surface area contributed by atoms with E-state index in [9.17, 15) is 18.0 Å². The van der Waals surface area contributed by atoms with Crippen molar-refractivity contribution in [2.45, 2.75) is 58.4 Å². The van der Waals surface area contributed by atoms with Gasteiger partial charge in [-0.25, -0.2) is 18.0 Å². The van der Waals surface area contributed by atoms with E-state index in [1.807, 2.05) is 20.8 Å². The van der Waals surface area contributed by atoms with Gasteiger partial charge in [-0.3, -0.25) is 0 Å². The molecule has 8 heteroatoms. The lowest BCUT2D eigenvalue weighted by atomic mass is 10.0. The number of benzene rings is 2. The molecular weight excluding hydrogens is 442 g/mol. The van der Waals surface area contributed by atoms with Crippen molar-refractivity contribution >= 4 is 27.0 Å². The molecule has 1 aromatic heterocycles. The molecule has 0 aliphatic carbocycles. The minimum atomic E-state index is -3.93. The standard InChI is InChI=1S/C25H29NO6S/c1-6-7-21-17(5)20-13-10-18(14-22(20)32-24(21)27)31-25(28)23(15(2)3)26-33(29,30)19-11-8-16(4)9-12-19/h8-15,23,26H,6-7H2,1-5H3. The third-order valence-electron chi connectivity index (χ3n) is 5.51. The van der Waals surface area contributed by atoms with Gasteiger partial charge in [-0.15, -0.1) is 0 Å². The lowest BCUT2D eigenvalue weighted by molar-refractivity contribution is -0.137. The Morgan fingerprint density at radius 2 is 1.76 bits per heavy atom. The van der Waals surface area contributed by atoms with E-state index < -0.39 is 27.7 Å². The highest BCUT2D eigenvalue weighted by atomic mass is 32.2. The molecule has 3 rings (SSSR count). The monoisotopic (exact) mass is 471 g/mol. The van der Waals surface area contributed by atoms with E-state index >= 15 is 0 Å². The Morgan fingerprint density at radius 3 is 2.36 bits per heavy atom. The molecule has 33 heavy (non-hydrogen) atoms. The number of fused-ring (bicyclic) bond motifs is 1. The summed E-state index contributed by atoms with van der Waals surface area (Å²) in [6.07, 6.45) is 1.44. The molecule has 1 atom stereocenters. The van der Waals surface area contributed by atoms with Crippen molar-refractivity contribution < 1.29 is 22.4 Å². The molecule has 0 spiro atoms. The highest BCUT2D eigenvalue weighted by molar-refractivity contribution is 7.89. The van der Waals surface area contributed by atoms with Gasteiger partial charge in [0.2, 0.25) is 10.0 Å². The number of hydrogen-bond acceptors (Lipinski definition) is 6. The molecule has 1 unspecified atom stereocenters. The van der Waals surface area contributed by atoms with Crippen molar-refractivity contribution in [2.75, 3.05) is 0 Å². The minimum absolute atomic E-state index is 0.0670. The van der Waals surface area contributed by atoms with E-state index in [0.29, 0.717) is 17.6 Å². The molecule has 0 fully saturated rings. The number of nitrogens with one attached hydrogen (secondary N) is 1. The van der Waals surface area contributed by atoms with Gasteiger partial charge in [-0.1, -0.05) is 44.9 Å². The van der Waals surface area contributed by atoms with Crippen LogP contribution in [-0.2, 0) is 21.2 Å². The predicted octanol–water partition coefficient (Wildman–Crippen LogP) is 4.27. The van der Waals surface area contributed by atoms with Gasteiger partial charge in [0.15, 0.2) is 0 Å². The number of rotatable bonds is 8. The second-order valence-electron chi connectivity index (χ2n) is 8.48. The van der Waals surface area contributed by atoms with Crippen LogP contribution in [0.3, 0.4) is 0 Å². The van der Waals surface area contributed by atoms with Gasteiger partial charge in [0.25, 0.3) is 0 Å². The first kappa shape index (κ1) is 24.7. The maximum Gasteiger partial charge on any atom is 0.339 e. The van der Waals surface area contributed by atoms with Crippen molar-refractivity contribution in [1.29, 1.82) is 0 Å². The summed E-state index contributed by atoms with van der Waals surface area (Å²) in [5.41, 5.74) is 2.31. The molecule has 1 heterocycles. The smallest absolute Gasteiger partial charge is 0.339 e. The van der Waals surface area contributed by atoms with Crippen molar-refractivity contribution in [1.82, 2.24) is 4.72 Å². The van der Waals surface area contributed by atoms with Gasteiger partial charge in [0, 0.05) is 17.0 Å². The van der Waals surface area contributed by atoms with Crippen molar-refractivity contribution in [3.05, 3.63) is 69.6 Å². The minimum Gasteiger partial charge on any atom is -0.425 e. The first-order valence-corrected chi connectivity index (χ1v) is 12.4. The fourth-order valence-electron chi connectivity index (χ4n) is 3.57. The molecule has 0 saturated carbocycles. The number of hydrogen-bond donors (Lipinski definition) is 1. The summed E-state index contributed by atoms with van der Waals surface area (Å²) < 4.78 is 38.9. The average molecular weight is 472 g/mol. The Morgan fingerprint density at radius 1 is 1.09 bits per heavy atom. The van der Waals surface area contributed by atoms with Crippen LogP contribution >= 0.6 is 0 Å². The number of ether oxygens (including phenoxy) is 1. The zero-order valence-electron chi connectivity index (χ0n) is 19.5. The summed E-state index contributed by atoms with van der Waals surface area (Å²) in [7, 11) is -3.93. The molecule has 2 aromatic carbocycles. The van der Waals surface area contributed by atoms with Gasteiger partial charge in [0.1, 0.15) is 17.4 Å². The zero-order chi connectivity index (χ0) is 24.3. The van der Waals surface area contributed by atoms with Crippen LogP contribution < -0.4 is 15.1 Å². The Balaban J connectivity index is 1.86. The molecule has 0 aliphatic heterocycles. The molecule has 0 radical (unpaired) electrons. The van der Waals surface area contributed by atoms with Crippen LogP contribution in [0, 0.1) is 19.8 Å². The van der Waals surface area contributed by atoms with E-state index in [-0.39, 0.29) is 16.6 Å². The van der Waals surface area contributed by atoms with Crippen LogP contribution in [0.1, 0.15) is 43.9 Å². The van der Waals surface area contributed by atoms with Crippen LogP contribution in [0.2, 0.25) is 0 Å². The van der Waals surface area contributed by atoms with Crippen molar-refractivity contribution in [3.63, 3.8) is 0 Å². The van der Waals surface area contributed by atoms with Crippen LogP contribution in [0.25, 0.3) is 11.0 Å². The molecule has 7 nitrogen and oxygen atoms in total. The van der Waals surface area contributed by atoms with Crippen LogP contribution in [0.15, 0.2) is 56.6 Å². The van der Waals surface area contributed by atoms with E-state index in [1.165, 1.54) is 18.2 Å². The molecule has 0 bridgehead atoms. The number of aryl methyl sites for hydroxylation is 2. The molecule has 0 aliphatic rings. The van der Waals surface area contributed by atoms with Gasteiger partial charge in [0.05, 0.1) is 4.90 Å². The number of sulfonamides is 1. The third kappa shape index (κ3) is 5.51. The summed E-state index contributed by atoms with van der Waals surface area (Å²) in [6, 6.07) is 10.1. The number of esters is 1. The highest BCUT2D eigenvalue weighted by Crippen LogP contribution is 2.25. The zero-order valence-corrected chi connectivity index (χ0v) is 20.3. The van der Waals surface area contributed by atoms with Gasteiger partial charge < -0.3 is 9.15 Å². The second-order valence-corrected chi connectivity index (χ2v) is 10.2. The van der Waals surface area contributed by atoms with Crippen molar-refractivity contribution in [3.8, 4) is 5.75 Å². The summed E-state index contributed by atoms with van der Waals surface area (Å²) in [5, 5.41) is 0.762. The third-order valence-corrected chi connectivity index (χ3v) is 6.97. The number of carbonyl (C=O) groups excluding carboxylic acids is 1. The fraction of sp³-hybridized carbons (Fsp3) is 0.360. The van der Waals surface area contributed by atoms with Gasteiger partial charge >= 0.3 is 11.6 Å². The molecule has 3 aromatic rings. The predicted molar refractivity (Wildman–Crippen MR) is 127 cm³/mol. The largest absolute Gasteiger partial charge is 0.425 e. The Hall–Kier alpha value is -2.97. The maximum atomic E-state index is 12.9. The van der Waals surface area contributed by atoms with E-state index in [0.717, 1.165) is 22.9 Å². The Bertz CT molecular complexity index is 1320. The van der Waals surface area contributed by atoms with Crippen molar-refractivity contribution in [2.24, 2.45) is 5.92 Å².